The van der Waals surface area contributed by atoms with Crippen molar-refractivity contribution in [3.8, 4) is 0 Å². The third kappa shape index (κ3) is 12.8. The maximum absolute atomic E-state index is 12.4. The first-order valence-electron chi connectivity index (χ1n) is 15.9. The average Bonchev–Trinajstić information content (AvgIpc) is 3.11. The number of nitro groups is 2. The minimum atomic E-state index is -4.90. The van der Waals surface area contributed by atoms with E-state index in [9.17, 15) is 60.8 Å². The van der Waals surface area contributed by atoms with Gasteiger partial charge in [-0.3, -0.25) is 39.4 Å². The number of hydrogen-bond donors (Lipinski definition) is 0. The van der Waals surface area contributed by atoms with Gasteiger partial charge in [0.25, 0.3) is 11.4 Å². The molecular formula is C35H31N6O13S2-. The highest BCUT2D eigenvalue weighted by Gasteiger charge is 2.26. The standard InChI is InChI=1S/C18H17N3O6S.C17H15N3O7S/c1-12(22)18(17(23)10-13-6-4-3-5-7-13)20-19-15-9-8-14(28(2,26)27)11-16(15)21(24)25;1-11(21)17(16(22)9-12-5-3-2-4-6-12)19-18-14-8-7-13(28(25,26)27)10-15(14)20(23)24/h3-9,11,18H,10H2,1-2H3;2-8,10,17H,9H2,1H3,(H,25,26,27)/p-1. The maximum Gasteiger partial charge on any atom is 0.298 e. The van der Waals surface area contributed by atoms with Crippen molar-refractivity contribution in [2.75, 3.05) is 6.26 Å². The molecule has 2 atom stereocenters. The third-order valence-electron chi connectivity index (χ3n) is 7.39. The predicted molar refractivity (Wildman–Crippen MR) is 196 cm³/mol. The molecule has 56 heavy (non-hydrogen) atoms. The van der Waals surface area contributed by atoms with Crippen molar-refractivity contribution in [1.82, 2.24) is 0 Å². The summed E-state index contributed by atoms with van der Waals surface area (Å²) in [4.78, 5) is 67.9. The van der Waals surface area contributed by atoms with Crippen molar-refractivity contribution in [3.63, 3.8) is 0 Å². The van der Waals surface area contributed by atoms with Gasteiger partial charge in [0.05, 0.1) is 19.6 Å². The predicted octanol–water partition coefficient (Wildman–Crippen LogP) is 5.20. The van der Waals surface area contributed by atoms with Gasteiger partial charge in [-0.15, -0.1) is 10.2 Å². The maximum atomic E-state index is 12.4. The SMILES string of the molecule is CC(=O)C(N=Nc1ccc(S(=O)(=O)[O-])cc1[N+](=O)[O-])C(=O)Cc1ccccc1.CC(=O)C(N=Nc1ccc(S(C)(=O)=O)cc1[N+](=O)[O-])C(=O)Cc1ccccc1. The molecule has 0 saturated heterocycles. The van der Waals surface area contributed by atoms with E-state index in [0.717, 1.165) is 43.5 Å². The Morgan fingerprint density at radius 3 is 1.29 bits per heavy atom. The molecule has 4 rings (SSSR count). The van der Waals surface area contributed by atoms with Gasteiger partial charge in [0, 0.05) is 31.2 Å². The molecule has 0 spiro atoms. The topological polar surface area (TPSA) is 295 Å². The molecule has 0 radical (unpaired) electrons. The summed E-state index contributed by atoms with van der Waals surface area (Å²) in [7, 11) is -8.56. The van der Waals surface area contributed by atoms with Gasteiger partial charge in [-0.1, -0.05) is 60.7 Å². The van der Waals surface area contributed by atoms with Gasteiger partial charge in [-0.05, 0) is 49.2 Å². The Labute approximate surface area is 319 Å². The summed E-state index contributed by atoms with van der Waals surface area (Å²) >= 11 is 0. The van der Waals surface area contributed by atoms with Crippen molar-refractivity contribution in [2.24, 2.45) is 20.5 Å². The second kappa shape index (κ2) is 19.1. The van der Waals surface area contributed by atoms with Gasteiger partial charge < -0.3 is 4.55 Å². The van der Waals surface area contributed by atoms with E-state index >= 15 is 0 Å². The number of ketones is 4. The van der Waals surface area contributed by atoms with E-state index in [1.54, 1.807) is 60.7 Å². The molecule has 0 fully saturated rings. The molecular weight excluding hydrogens is 777 g/mol. The Balaban J connectivity index is 0.000000300. The molecule has 0 bridgehead atoms. The number of rotatable bonds is 16. The Hall–Kier alpha value is -6.58. The molecule has 2 unspecified atom stereocenters. The highest BCUT2D eigenvalue weighted by molar-refractivity contribution is 7.90. The second-order valence-electron chi connectivity index (χ2n) is 11.8. The number of benzene rings is 4. The Bertz CT molecular complexity index is 2270. The molecule has 0 heterocycles. The van der Waals surface area contributed by atoms with Gasteiger partial charge in [-0.2, -0.15) is 10.2 Å². The van der Waals surface area contributed by atoms with Crippen LogP contribution in [0.15, 0.2) is 127 Å². The fourth-order valence-corrected chi connectivity index (χ4v) is 5.76. The van der Waals surface area contributed by atoms with Gasteiger partial charge in [0.1, 0.15) is 10.1 Å². The Morgan fingerprint density at radius 2 is 0.964 bits per heavy atom. The molecule has 21 heteroatoms. The van der Waals surface area contributed by atoms with Gasteiger partial charge in [0.2, 0.25) is 0 Å². The molecule has 0 aliphatic heterocycles. The minimum absolute atomic E-state index is 0.0424. The molecule has 0 aromatic heterocycles. The van der Waals surface area contributed by atoms with Crippen molar-refractivity contribution >= 4 is 65.8 Å². The van der Waals surface area contributed by atoms with Crippen molar-refractivity contribution in [2.45, 2.75) is 48.6 Å². The zero-order valence-corrected chi connectivity index (χ0v) is 31.2. The lowest BCUT2D eigenvalue weighted by Crippen LogP contribution is -2.27. The van der Waals surface area contributed by atoms with Crippen LogP contribution in [0, 0.1) is 20.2 Å². The van der Waals surface area contributed by atoms with E-state index < -0.39 is 87.0 Å². The molecule has 0 amide bonds. The van der Waals surface area contributed by atoms with Crippen LogP contribution >= 0.6 is 0 Å². The van der Waals surface area contributed by atoms with Crippen LogP contribution in [-0.4, -0.2) is 72.7 Å². The summed E-state index contributed by atoms with van der Waals surface area (Å²) in [5.41, 5.74) is -0.683. The summed E-state index contributed by atoms with van der Waals surface area (Å²) in [6.45, 7) is 2.31. The summed E-state index contributed by atoms with van der Waals surface area (Å²) in [6.07, 6.45) is 0.792. The molecule has 0 N–H and O–H groups in total. The van der Waals surface area contributed by atoms with Crippen LogP contribution in [0.2, 0.25) is 0 Å². The number of carbonyl (C=O) groups excluding carboxylic acids is 4. The van der Waals surface area contributed by atoms with Crippen LogP contribution in [0.25, 0.3) is 0 Å². The fourth-order valence-electron chi connectivity index (χ4n) is 4.63. The van der Waals surface area contributed by atoms with E-state index in [0.29, 0.717) is 17.2 Å². The number of carbonyl (C=O) groups is 4. The summed E-state index contributed by atoms with van der Waals surface area (Å²) in [5, 5.41) is 36.9. The average molecular weight is 808 g/mol. The lowest BCUT2D eigenvalue weighted by Gasteiger charge is -2.08. The van der Waals surface area contributed by atoms with E-state index in [-0.39, 0.29) is 23.4 Å². The van der Waals surface area contributed by atoms with Gasteiger partial charge in [0.15, 0.2) is 56.4 Å². The zero-order chi connectivity index (χ0) is 41.8. The van der Waals surface area contributed by atoms with Crippen molar-refractivity contribution in [3.05, 3.63) is 128 Å². The molecule has 0 aliphatic rings. The second-order valence-corrected chi connectivity index (χ2v) is 15.2. The van der Waals surface area contributed by atoms with Crippen LogP contribution in [0.4, 0.5) is 22.7 Å². The number of nitro benzene ring substituents is 2. The van der Waals surface area contributed by atoms with Crippen LogP contribution in [0.1, 0.15) is 25.0 Å². The number of nitrogens with zero attached hydrogens (tertiary/aromatic N) is 6. The van der Waals surface area contributed by atoms with Crippen LogP contribution < -0.4 is 0 Å². The lowest BCUT2D eigenvalue weighted by molar-refractivity contribution is -0.384. The smallest absolute Gasteiger partial charge is 0.298 e. The third-order valence-corrected chi connectivity index (χ3v) is 9.33. The summed E-state index contributed by atoms with van der Waals surface area (Å²) < 4.78 is 56.2. The minimum Gasteiger partial charge on any atom is -0.744 e. The van der Waals surface area contributed by atoms with Crippen molar-refractivity contribution in [1.29, 1.82) is 0 Å². The highest BCUT2D eigenvalue weighted by atomic mass is 32.2. The normalized spacial score (nSPS) is 12.6. The lowest BCUT2D eigenvalue weighted by atomic mass is 10.0. The van der Waals surface area contributed by atoms with Gasteiger partial charge in [-0.25, -0.2) is 16.8 Å². The molecule has 4 aromatic rings. The van der Waals surface area contributed by atoms with E-state index in [1.807, 2.05) is 0 Å². The molecule has 292 valence electrons. The summed E-state index contributed by atoms with van der Waals surface area (Å²) in [5.74, 6) is -2.21. The van der Waals surface area contributed by atoms with Crippen LogP contribution in [0.3, 0.4) is 0 Å². The molecule has 0 aliphatic carbocycles. The molecule has 4 aromatic carbocycles. The monoisotopic (exact) mass is 807 g/mol. The first kappa shape index (κ1) is 43.8. The molecule has 0 saturated carbocycles. The number of hydrogen-bond acceptors (Lipinski definition) is 17. The van der Waals surface area contributed by atoms with E-state index in [4.69, 9.17) is 0 Å². The number of sulfone groups is 1. The Morgan fingerprint density at radius 1 is 0.607 bits per heavy atom. The van der Waals surface area contributed by atoms with E-state index in [2.05, 4.69) is 20.5 Å². The Kier molecular flexibility index (Phi) is 15.0. The van der Waals surface area contributed by atoms with Crippen molar-refractivity contribution < 1.29 is 50.4 Å². The highest BCUT2D eigenvalue weighted by Crippen LogP contribution is 2.32. The van der Waals surface area contributed by atoms with Crippen LogP contribution in [0.5, 0.6) is 0 Å². The largest absolute Gasteiger partial charge is 0.744 e. The fraction of sp³-hybridized carbons (Fsp3) is 0.200. The van der Waals surface area contributed by atoms with Gasteiger partial charge >= 0.3 is 0 Å². The molecule has 19 nitrogen and oxygen atoms in total. The quantitative estimate of drug-likeness (QED) is 0.0462. The first-order chi connectivity index (χ1) is 26.2. The first-order valence-corrected chi connectivity index (χ1v) is 19.2. The summed E-state index contributed by atoms with van der Waals surface area (Å²) in [6, 6.07) is 19.9. The zero-order valence-electron chi connectivity index (χ0n) is 29.6. The van der Waals surface area contributed by atoms with Crippen LogP contribution in [-0.2, 0) is 52.0 Å². The van der Waals surface area contributed by atoms with E-state index in [1.165, 1.54) is 6.92 Å². The number of Topliss-reactive ketones (excluding diaryl/α,β-unsaturated/α-hetero) is 4. The number of azo groups is 2.